The Bertz CT molecular complexity index is 1210. The van der Waals surface area contributed by atoms with E-state index in [1.165, 1.54) is 18.5 Å². The monoisotopic (exact) mass is 395 g/mol. The van der Waals surface area contributed by atoms with Gasteiger partial charge in [-0.05, 0) is 29.8 Å². The average Bonchev–Trinajstić information content (AvgIpc) is 3.16. The highest BCUT2D eigenvalue weighted by atomic mass is 32.2. The van der Waals surface area contributed by atoms with Crippen LogP contribution >= 0.6 is 0 Å². The first-order valence-electron chi connectivity index (χ1n) is 8.37. The molecule has 0 atom stereocenters. The van der Waals surface area contributed by atoms with Crippen LogP contribution in [0.2, 0.25) is 0 Å². The molecule has 0 bridgehead atoms. The molecule has 2 aromatic carbocycles. The molecule has 4 rings (SSSR count). The second-order valence-corrected chi connectivity index (χ2v) is 7.59. The molecule has 4 N–H and O–H groups in total. The molecule has 28 heavy (non-hydrogen) atoms. The lowest BCUT2D eigenvalue weighted by molar-refractivity contribution is 0.598. The van der Waals surface area contributed by atoms with E-state index in [9.17, 15) is 8.42 Å². The molecule has 142 valence electrons. The number of nitrogens with zero attached hydrogens (tertiary/aromatic N) is 4. The van der Waals surface area contributed by atoms with Crippen LogP contribution < -0.4 is 15.8 Å². The van der Waals surface area contributed by atoms with E-state index in [1.807, 2.05) is 30.3 Å². The molecule has 0 amide bonds. The third-order valence-electron chi connectivity index (χ3n) is 4.02. The summed E-state index contributed by atoms with van der Waals surface area (Å²) in [4.78, 5) is 8.63. The zero-order chi connectivity index (χ0) is 19.6. The second-order valence-electron chi connectivity index (χ2n) is 6.03. The van der Waals surface area contributed by atoms with Gasteiger partial charge in [-0.15, -0.1) is 0 Å². The van der Waals surface area contributed by atoms with Crippen molar-refractivity contribution in [2.45, 2.75) is 11.4 Å². The summed E-state index contributed by atoms with van der Waals surface area (Å²) in [6, 6.07) is 17.9. The Morgan fingerprint density at radius 2 is 1.79 bits per heavy atom. The molecule has 0 spiro atoms. The predicted molar refractivity (Wildman–Crippen MR) is 106 cm³/mol. The van der Waals surface area contributed by atoms with Crippen LogP contribution in [-0.2, 0) is 16.6 Å². The molecule has 0 radical (unpaired) electrons. The summed E-state index contributed by atoms with van der Waals surface area (Å²) in [6.07, 6.45) is 1.42. The Kier molecular flexibility index (Phi) is 4.63. The largest absolute Gasteiger partial charge is 0.366 e. The van der Waals surface area contributed by atoms with E-state index in [1.54, 1.807) is 22.7 Å². The summed E-state index contributed by atoms with van der Waals surface area (Å²) in [5.41, 5.74) is 1.79. The van der Waals surface area contributed by atoms with Crippen LogP contribution in [-0.4, -0.2) is 28.0 Å². The number of anilines is 3. The van der Waals surface area contributed by atoms with Gasteiger partial charge in [0.15, 0.2) is 0 Å². The Labute approximate surface area is 161 Å². The van der Waals surface area contributed by atoms with Gasteiger partial charge in [0.1, 0.15) is 18.0 Å². The normalized spacial score (nSPS) is 11.5. The van der Waals surface area contributed by atoms with Crippen molar-refractivity contribution in [1.82, 2.24) is 19.6 Å². The van der Waals surface area contributed by atoms with E-state index >= 15 is 0 Å². The van der Waals surface area contributed by atoms with Crippen LogP contribution in [0, 0.1) is 0 Å². The Morgan fingerprint density at radius 1 is 1.04 bits per heavy atom. The predicted octanol–water partition coefficient (Wildman–Crippen LogP) is 2.13. The van der Waals surface area contributed by atoms with E-state index in [4.69, 9.17) is 5.14 Å². The SMILES string of the molecule is NS(=O)(=O)c1ccc(Nc2cc(NCc3ccccc3)nc3ncnn23)cc1. The standard InChI is InChI=1S/C18H17N7O2S/c19-28(26,27)15-8-6-14(7-9-15)23-17-10-16(24-18-21-12-22-25(17)18)20-11-13-4-2-1-3-5-13/h1-10,12,23H,11H2,(H2,19,26,27)(H,20,21,22,24). The van der Waals surface area contributed by atoms with E-state index in [2.05, 4.69) is 25.7 Å². The quantitative estimate of drug-likeness (QED) is 0.456. The molecule has 0 aliphatic heterocycles. The topological polar surface area (TPSA) is 127 Å². The van der Waals surface area contributed by atoms with Crippen molar-refractivity contribution < 1.29 is 8.42 Å². The minimum absolute atomic E-state index is 0.0453. The highest BCUT2D eigenvalue weighted by Gasteiger charge is 2.10. The summed E-state index contributed by atoms with van der Waals surface area (Å²) in [5, 5.41) is 15.8. The van der Waals surface area contributed by atoms with Gasteiger partial charge in [-0.1, -0.05) is 30.3 Å². The molecule has 0 aliphatic carbocycles. The number of hydrogen-bond acceptors (Lipinski definition) is 7. The van der Waals surface area contributed by atoms with Gasteiger partial charge in [-0.25, -0.2) is 13.6 Å². The van der Waals surface area contributed by atoms with Gasteiger partial charge in [0.25, 0.3) is 5.78 Å². The molecule has 10 heteroatoms. The van der Waals surface area contributed by atoms with Crippen molar-refractivity contribution in [2.24, 2.45) is 5.14 Å². The lowest BCUT2D eigenvalue weighted by Crippen LogP contribution is -2.12. The summed E-state index contributed by atoms with van der Waals surface area (Å²) in [6.45, 7) is 0.612. The molecule has 0 aliphatic rings. The maximum absolute atomic E-state index is 11.4. The van der Waals surface area contributed by atoms with Crippen molar-refractivity contribution in [3.05, 3.63) is 72.6 Å². The molecule has 0 saturated heterocycles. The molecule has 9 nitrogen and oxygen atoms in total. The smallest absolute Gasteiger partial charge is 0.256 e. The van der Waals surface area contributed by atoms with Crippen LogP contribution in [0.25, 0.3) is 5.78 Å². The number of hydrogen-bond donors (Lipinski definition) is 3. The number of benzene rings is 2. The summed E-state index contributed by atoms with van der Waals surface area (Å²) < 4.78 is 24.3. The van der Waals surface area contributed by atoms with Crippen molar-refractivity contribution in [1.29, 1.82) is 0 Å². The van der Waals surface area contributed by atoms with Crippen molar-refractivity contribution in [3.63, 3.8) is 0 Å². The van der Waals surface area contributed by atoms with Gasteiger partial charge in [0, 0.05) is 18.3 Å². The minimum atomic E-state index is -3.73. The van der Waals surface area contributed by atoms with Gasteiger partial charge in [0.2, 0.25) is 10.0 Å². The number of primary sulfonamides is 1. The highest BCUT2D eigenvalue weighted by molar-refractivity contribution is 7.89. The Balaban J connectivity index is 1.60. The molecule has 0 unspecified atom stereocenters. The lowest BCUT2D eigenvalue weighted by Gasteiger charge is -2.11. The molecular formula is C18H17N7O2S. The summed E-state index contributed by atoms with van der Waals surface area (Å²) in [5.74, 6) is 1.69. The zero-order valence-electron chi connectivity index (χ0n) is 14.6. The van der Waals surface area contributed by atoms with Gasteiger partial charge < -0.3 is 10.6 Å². The Hall–Kier alpha value is -3.50. The summed E-state index contributed by atoms with van der Waals surface area (Å²) in [7, 11) is -3.73. The molecule has 0 saturated carbocycles. The van der Waals surface area contributed by atoms with Crippen LogP contribution in [0.5, 0.6) is 0 Å². The van der Waals surface area contributed by atoms with Gasteiger partial charge in [0.05, 0.1) is 4.90 Å². The number of nitrogens with one attached hydrogen (secondary N) is 2. The highest BCUT2D eigenvalue weighted by Crippen LogP contribution is 2.21. The van der Waals surface area contributed by atoms with Crippen LogP contribution in [0.4, 0.5) is 17.3 Å². The first-order chi connectivity index (χ1) is 13.5. The lowest BCUT2D eigenvalue weighted by atomic mass is 10.2. The first-order valence-corrected chi connectivity index (χ1v) is 9.92. The van der Waals surface area contributed by atoms with E-state index in [0.29, 0.717) is 29.6 Å². The maximum Gasteiger partial charge on any atom is 0.256 e. The number of rotatable bonds is 6. The number of aromatic nitrogens is 4. The second kappa shape index (κ2) is 7.25. The molecular weight excluding hydrogens is 378 g/mol. The molecule has 0 fully saturated rings. The first kappa shape index (κ1) is 17.9. The van der Waals surface area contributed by atoms with Crippen LogP contribution in [0.3, 0.4) is 0 Å². The zero-order valence-corrected chi connectivity index (χ0v) is 15.5. The molecule has 2 aromatic heterocycles. The number of fused-ring (bicyclic) bond motifs is 1. The van der Waals surface area contributed by atoms with Gasteiger partial charge >= 0.3 is 0 Å². The molecule has 2 heterocycles. The average molecular weight is 395 g/mol. The van der Waals surface area contributed by atoms with Gasteiger partial charge in [-0.2, -0.15) is 19.6 Å². The molecule has 4 aromatic rings. The van der Waals surface area contributed by atoms with Crippen molar-refractivity contribution in [2.75, 3.05) is 10.6 Å². The van der Waals surface area contributed by atoms with Crippen LogP contribution in [0.1, 0.15) is 5.56 Å². The fraction of sp³-hybridized carbons (Fsp3) is 0.0556. The third-order valence-corrected chi connectivity index (χ3v) is 4.95. The van der Waals surface area contributed by atoms with E-state index in [-0.39, 0.29) is 4.90 Å². The van der Waals surface area contributed by atoms with Gasteiger partial charge in [-0.3, -0.25) is 0 Å². The van der Waals surface area contributed by atoms with Crippen molar-refractivity contribution in [3.8, 4) is 0 Å². The maximum atomic E-state index is 11.4. The van der Waals surface area contributed by atoms with Crippen LogP contribution in [0.15, 0.2) is 71.9 Å². The minimum Gasteiger partial charge on any atom is -0.366 e. The summed E-state index contributed by atoms with van der Waals surface area (Å²) >= 11 is 0. The van der Waals surface area contributed by atoms with Crippen molar-refractivity contribution >= 4 is 33.1 Å². The number of sulfonamides is 1. The Morgan fingerprint density at radius 3 is 2.50 bits per heavy atom. The fourth-order valence-corrected chi connectivity index (χ4v) is 3.17. The number of nitrogens with two attached hydrogens (primary N) is 1. The van der Waals surface area contributed by atoms with E-state index in [0.717, 1.165) is 5.56 Å². The fourth-order valence-electron chi connectivity index (χ4n) is 2.66. The van der Waals surface area contributed by atoms with E-state index < -0.39 is 10.0 Å². The third kappa shape index (κ3) is 3.92.